The molecule has 3 heteroatoms. The molecule has 0 bridgehead atoms. The number of benzene rings is 1. The third kappa shape index (κ3) is 5.51. The summed E-state index contributed by atoms with van der Waals surface area (Å²) in [6, 6.07) is 8.67. The summed E-state index contributed by atoms with van der Waals surface area (Å²) in [5.41, 5.74) is 1.26. The van der Waals surface area contributed by atoms with Crippen molar-refractivity contribution in [2.24, 2.45) is 5.92 Å². The number of hydrogen-bond donors (Lipinski definition) is 1. The van der Waals surface area contributed by atoms with Gasteiger partial charge in [-0.1, -0.05) is 39.0 Å². The molecular formula is C17H29NO2. The fourth-order valence-electron chi connectivity index (χ4n) is 2.43. The van der Waals surface area contributed by atoms with E-state index in [0.29, 0.717) is 12.0 Å². The minimum atomic E-state index is 0.318. The highest BCUT2D eigenvalue weighted by Gasteiger charge is 2.18. The number of methoxy groups -OCH3 is 1. The Bertz CT molecular complexity index is 368. The van der Waals surface area contributed by atoms with E-state index in [1.54, 1.807) is 7.11 Å². The summed E-state index contributed by atoms with van der Waals surface area (Å²) >= 11 is 0. The van der Waals surface area contributed by atoms with Crippen molar-refractivity contribution in [1.82, 2.24) is 5.32 Å². The molecule has 0 aliphatic rings. The molecular weight excluding hydrogens is 250 g/mol. The predicted molar refractivity (Wildman–Crippen MR) is 84.3 cm³/mol. The van der Waals surface area contributed by atoms with Crippen molar-refractivity contribution < 1.29 is 9.47 Å². The van der Waals surface area contributed by atoms with Crippen LogP contribution in [-0.4, -0.2) is 26.9 Å². The highest BCUT2D eigenvalue weighted by atomic mass is 16.5. The van der Waals surface area contributed by atoms with Crippen molar-refractivity contribution in [2.75, 3.05) is 26.9 Å². The Balaban J connectivity index is 2.84. The number of rotatable bonds is 10. The maximum absolute atomic E-state index is 5.88. The van der Waals surface area contributed by atoms with Crippen LogP contribution in [0.4, 0.5) is 0 Å². The highest BCUT2D eigenvalue weighted by Crippen LogP contribution is 2.29. The first-order valence-corrected chi connectivity index (χ1v) is 7.66. The zero-order valence-electron chi connectivity index (χ0n) is 13.3. The zero-order valence-corrected chi connectivity index (χ0v) is 13.3. The second-order valence-electron chi connectivity index (χ2n) is 5.29. The third-order valence-electron chi connectivity index (χ3n) is 3.30. The quantitative estimate of drug-likeness (QED) is 0.706. The van der Waals surface area contributed by atoms with Gasteiger partial charge in [-0.05, 0) is 31.4 Å². The largest absolute Gasteiger partial charge is 0.493 e. The van der Waals surface area contributed by atoms with Gasteiger partial charge < -0.3 is 14.8 Å². The monoisotopic (exact) mass is 279 g/mol. The summed E-state index contributed by atoms with van der Waals surface area (Å²) in [6.45, 7) is 9.01. The van der Waals surface area contributed by atoms with Crippen LogP contribution in [0.15, 0.2) is 24.3 Å². The molecule has 1 aromatic carbocycles. The first kappa shape index (κ1) is 17.0. The topological polar surface area (TPSA) is 30.5 Å². The van der Waals surface area contributed by atoms with Gasteiger partial charge in [0.15, 0.2) is 0 Å². The molecule has 1 aromatic rings. The molecule has 2 unspecified atom stereocenters. The van der Waals surface area contributed by atoms with Crippen LogP contribution in [0.25, 0.3) is 0 Å². The maximum atomic E-state index is 5.88. The fourth-order valence-corrected chi connectivity index (χ4v) is 2.43. The average Bonchev–Trinajstić information content (AvgIpc) is 2.45. The summed E-state index contributed by atoms with van der Waals surface area (Å²) < 4.78 is 11.1. The standard InChI is InChI=1S/C17H29NO2/c1-5-11-20-17-10-8-7-9-15(17)16(18-6-2)12-14(3)13-19-4/h7-10,14,16,18H,5-6,11-13H2,1-4H3. The Labute approximate surface area is 123 Å². The van der Waals surface area contributed by atoms with Crippen LogP contribution in [-0.2, 0) is 4.74 Å². The molecule has 0 aliphatic heterocycles. The number of ether oxygens (including phenoxy) is 2. The molecule has 0 aliphatic carbocycles. The van der Waals surface area contributed by atoms with Gasteiger partial charge in [0.25, 0.3) is 0 Å². The Morgan fingerprint density at radius 3 is 2.60 bits per heavy atom. The molecule has 0 heterocycles. The Morgan fingerprint density at radius 2 is 1.95 bits per heavy atom. The molecule has 1 rings (SSSR count). The van der Waals surface area contributed by atoms with E-state index < -0.39 is 0 Å². The Hall–Kier alpha value is -1.06. The van der Waals surface area contributed by atoms with Gasteiger partial charge in [-0.15, -0.1) is 0 Å². The van der Waals surface area contributed by atoms with Crippen molar-refractivity contribution in [3.8, 4) is 5.75 Å². The van der Waals surface area contributed by atoms with E-state index in [9.17, 15) is 0 Å². The lowest BCUT2D eigenvalue weighted by atomic mass is 9.95. The molecule has 0 fully saturated rings. The first-order valence-electron chi connectivity index (χ1n) is 7.66. The number of para-hydroxylation sites is 1. The van der Waals surface area contributed by atoms with Crippen molar-refractivity contribution >= 4 is 0 Å². The van der Waals surface area contributed by atoms with Crippen LogP contribution in [0.5, 0.6) is 5.75 Å². The summed E-state index contributed by atoms with van der Waals surface area (Å²) in [7, 11) is 1.76. The minimum absolute atomic E-state index is 0.318. The van der Waals surface area contributed by atoms with E-state index in [1.807, 2.05) is 6.07 Å². The van der Waals surface area contributed by atoms with E-state index in [2.05, 4.69) is 44.3 Å². The molecule has 1 N–H and O–H groups in total. The van der Waals surface area contributed by atoms with E-state index in [0.717, 1.165) is 38.3 Å². The van der Waals surface area contributed by atoms with Gasteiger partial charge in [0, 0.05) is 25.3 Å². The van der Waals surface area contributed by atoms with Gasteiger partial charge in [0.05, 0.1) is 6.61 Å². The van der Waals surface area contributed by atoms with Crippen LogP contribution in [0, 0.1) is 5.92 Å². The third-order valence-corrected chi connectivity index (χ3v) is 3.30. The summed E-state index contributed by atoms with van der Waals surface area (Å²) in [4.78, 5) is 0. The van der Waals surface area contributed by atoms with Crippen molar-refractivity contribution in [1.29, 1.82) is 0 Å². The van der Waals surface area contributed by atoms with Crippen molar-refractivity contribution in [3.63, 3.8) is 0 Å². The SMILES string of the molecule is CCCOc1ccccc1C(CC(C)COC)NCC. The normalized spacial score (nSPS) is 14.0. The van der Waals surface area contributed by atoms with Crippen LogP contribution < -0.4 is 10.1 Å². The summed E-state index contributed by atoms with van der Waals surface area (Å²) in [5, 5.41) is 3.57. The van der Waals surface area contributed by atoms with E-state index in [-0.39, 0.29) is 0 Å². The number of nitrogens with one attached hydrogen (secondary N) is 1. The molecule has 0 aromatic heterocycles. The lowest BCUT2D eigenvalue weighted by molar-refractivity contribution is 0.149. The lowest BCUT2D eigenvalue weighted by Crippen LogP contribution is -2.24. The van der Waals surface area contributed by atoms with E-state index >= 15 is 0 Å². The second kappa shape index (κ2) is 9.78. The summed E-state index contributed by atoms with van der Waals surface area (Å²) in [6.07, 6.45) is 2.08. The predicted octanol–water partition coefficient (Wildman–Crippen LogP) is 3.80. The average molecular weight is 279 g/mol. The summed E-state index contributed by atoms with van der Waals surface area (Å²) in [5.74, 6) is 1.52. The molecule has 2 atom stereocenters. The molecule has 0 saturated carbocycles. The molecule has 0 amide bonds. The molecule has 0 saturated heterocycles. The van der Waals surface area contributed by atoms with Crippen LogP contribution in [0.3, 0.4) is 0 Å². The minimum Gasteiger partial charge on any atom is -0.493 e. The zero-order chi connectivity index (χ0) is 14.8. The molecule has 3 nitrogen and oxygen atoms in total. The van der Waals surface area contributed by atoms with Gasteiger partial charge in [0.2, 0.25) is 0 Å². The molecule has 20 heavy (non-hydrogen) atoms. The Morgan fingerprint density at radius 1 is 1.20 bits per heavy atom. The molecule has 0 radical (unpaired) electrons. The Kier molecular flexibility index (Phi) is 8.31. The van der Waals surface area contributed by atoms with Crippen LogP contribution >= 0.6 is 0 Å². The lowest BCUT2D eigenvalue weighted by Gasteiger charge is -2.24. The first-order chi connectivity index (χ1) is 9.72. The molecule has 0 spiro atoms. The highest BCUT2D eigenvalue weighted by molar-refractivity contribution is 5.36. The second-order valence-corrected chi connectivity index (χ2v) is 5.29. The van der Waals surface area contributed by atoms with Crippen LogP contribution in [0.2, 0.25) is 0 Å². The van der Waals surface area contributed by atoms with E-state index in [1.165, 1.54) is 5.56 Å². The van der Waals surface area contributed by atoms with Gasteiger partial charge >= 0.3 is 0 Å². The van der Waals surface area contributed by atoms with E-state index in [4.69, 9.17) is 9.47 Å². The van der Waals surface area contributed by atoms with Gasteiger partial charge in [0.1, 0.15) is 5.75 Å². The van der Waals surface area contributed by atoms with Gasteiger partial charge in [-0.3, -0.25) is 0 Å². The smallest absolute Gasteiger partial charge is 0.124 e. The van der Waals surface area contributed by atoms with Gasteiger partial charge in [-0.25, -0.2) is 0 Å². The van der Waals surface area contributed by atoms with Crippen LogP contribution in [0.1, 0.15) is 45.2 Å². The van der Waals surface area contributed by atoms with Gasteiger partial charge in [-0.2, -0.15) is 0 Å². The fraction of sp³-hybridized carbons (Fsp3) is 0.647. The molecule has 114 valence electrons. The van der Waals surface area contributed by atoms with Crippen molar-refractivity contribution in [3.05, 3.63) is 29.8 Å². The van der Waals surface area contributed by atoms with Crippen molar-refractivity contribution in [2.45, 2.75) is 39.7 Å². The number of hydrogen-bond acceptors (Lipinski definition) is 3. The maximum Gasteiger partial charge on any atom is 0.124 e.